The second-order valence-corrected chi connectivity index (χ2v) is 6.97. The lowest BCUT2D eigenvalue weighted by Gasteiger charge is -2.37. The number of carbonyl (C=O) groups excluding carboxylic acids is 1. The van der Waals surface area contributed by atoms with Crippen LogP contribution in [0.5, 0.6) is 0 Å². The van der Waals surface area contributed by atoms with E-state index in [1.54, 1.807) is 6.08 Å². The van der Waals surface area contributed by atoms with E-state index >= 15 is 0 Å². The van der Waals surface area contributed by atoms with Gasteiger partial charge in [-0.05, 0) is 72.8 Å². The molecule has 1 aromatic carbocycles. The third-order valence-corrected chi connectivity index (χ3v) is 5.28. The van der Waals surface area contributed by atoms with E-state index in [1.165, 1.54) is 34.6 Å². The van der Waals surface area contributed by atoms with Gasteiger partial charge in [0.1, 0.15) is 0 Å². The first-order chi connectivity index (χ1) is 12.2. The fraction of sp³-hybridized carbons (Fsp3) is 0.421. The highest BCUT2D eigenvalue weighted by Gasteiger charge is 2.33. The molecule has 1 saturated heterocycles. The van der Waals surface area contributed by atoms with Crippen molar-refractivity contribution < 1.29 is 9.53 Å². The number of amides is 1. The van der Waals surface area contributed by atoms with Gasteiger partial charge in [-0.3, -0.25) is 9.69 Å². The van der Waals surface area contributed by atoms with Crippen molar-refractivity contribution in [2.24, 2.45) is 0 Å². The fourth-order valence-electron chi connectivity index (χ4n) is 3.92. The van der Waals surface area contributed by atoms with Crippen LogP contribution in [0, 0.1) is 11.3 Å². The minimum Gasteiger partial charge on any atom is -0.426 e. The molecule has 1 aromatic rings. The molecule has 3 heterocycles. The number of rotatable bonds is 3. The number of hydrogen-bond donors (Lipinski definition) is 0. The van der Waals surface area contributed by atoms with Crippen LogP contribution in [0.4, 0.5) is 5.69 Å². The molecule has 128 valence electrons. The molecule has 0 atom stereocenters. The number of aryl methyl sites for hydroxylation is 2. The third-order valence-electron chi connectivity index (χ3n) is 4.97. The van der Waals surface area contributed by atoms with Crippen LogP contribution in [-0.2, 0) is 22.4 Å². The third kappa shape index (κ3) is 2.89. The molecule has 3 aliphatic rings. The number of benzene rings is 1. The molecule has 0 aromatic heterocycles. The zero-order valence-electron chi connectivity index (χ0n) is 14.0. The largest absolute Gasteiger partial charge is 0.426 e. The lowest BCUT2D eigenvalue weighted by atomic mass is 9.90. The molecule has 0 saturated carbocycles. The van der Waals surface area contributed by atoms with E-state index in [4.69, 9.17) is 22.2 Å². The molecule has 1 amide bonds. The summed E-state index contributed by atoms with van der Waals surface area (Å²) in [6, 6.07) is 6.36. The number of nitrogens with zero attached hydrogens (tertiary/aromatic N) is 3. The summed E-state index contributed by atoms with van der Waals surface area (Å²) in [5.41, 5.74) is 5.13. The van der Waals surface area contributed by atoms with Crippen LogP contribution in [0.3, 0.4) is 0 Å². The number of anilines is 1. The van der Waals surface area contributed by atoms with Gasteiger partial charge in [0, 0.05) is 25.3 Å². The average Bonchev–Trinajstić information content (AvgIpc) is 2.87. The maximum Gasteiger partial charge on any atom is 0.297 e. The van der Waals surface area contributed by atoms with Crippen molar-refractivity contribution >= 4 is 35.1 Å². The van der Waals surface area contributed by atoms with Crippen LogP contribution in [0.1, 0.15) is 36.0 Å². The topological polar surface area (TPSA) is 56.6 Å². The summed E-state index contributed by atoms with van der Waals surface area (Å²) < 4.78 is 5.49. The maximum atomic E-state index is 12.5. The highest BCUT2D eigenvalue weighted by molar-refractivity contribution is 7.80. The first-order valence-corrected chi connectivity index (χ1v) is 9.11. The van der Waals surface area contributed by atoms with Crippen molar-refractivity contribution in [3.05, 3.63) is 34.6 Å². The van der Waals surface area contributed by atoms with E-state index < -0.39 is 0 Å². The average molecular weight is 353 g/mol. The molecule has 0 radical (unpaired) electrons. The normalized spacial score (nSPS) is 20.5. The van der Waals surface area contributed by atoms with Gasteiger partial charge in [-0.2, -0.15) is 5.26 Å². The first kappa shape index (κ1) is 16.1. The molecule has 4 rings (SSSR count). The predicted molar refractivity (Wildman–Crippen MR) is 98.9 cm³/mol. The Morgan fingerprint density at radius 3 is 2.56 bits per heavy atom. The summed E-state index contributed by atoms with van der Waals surface area (Å²) in [7, 11) is 0. The van der Waals surface area contributed by atoms with Crippen molar-refractivity contribution in [2.75, 3.05) is 24.5 Å². The van der Waals surface area contributed by atoms with Crippen molar-refractivity contribution in [1.82, 2.24) is 4.90 Å². The Labute approximate surface area is 152 Å². The molecule has 1 fully saturated rings. The van der Waals surface area contributed by atoms with Crippen LogP contribution < -0.4 is 4.90 Å². The second kappa shape index (κ2) is 6.49. The SMILES string of the molecule is N#CCCN1C(=O)/C(=C\c2cc3c4c(c2)CCCN4CCC3)OC1=S. The highest BCUT2D eigenvalue weighted by atomic mass is 32.1. The van der Waals surface area contributed by atoms with Gasteiger partial charge in [0.05, 0.1) is 12.5 Å². The van der Waals surface area contributed by atoms with E-state index in [0.29, 0.717) is 0 Å². The van der Waals surface area contributed by atoms with Crippen LogP contribution in [0.15, 0.2) is 17.9 Å². The molecule has 0 unspecified atom stereocenters. The zero-order valence-corrected chi connectivity index (χ0v) is 14.8. The van der Waals surface area contributed by atoms with Gasteiger partial charge in [-0.1, -0.05) is 0 Å². The highest BCUT2D eigenvalue weighted by Crippen LogP contribution is 2.36. The molecule has 0 aliphatic carbocycles. The van der Waals surface area contributed by atoms with Crippen LogP contribution >= 0.6 is 12.2 Å². The number of nitriles is 1. The van der Waals surface area contributed by atoms with Gasteiger partial charge in [-0.25, -0.2) is 0 Å². The minimum absolute atomic E-state index is 0.136. The Kier molecular flexibility index (Phi) is 4.18. The molecule has 25 heavy (non-hydrogen) atoms. The van der Waals surface area contributed by atoms with E-state index in [9.17, 15) is 4.79 Å². The summed E-state index contributed by atoms with van der Waals surface area (Å²) in [6.07, 6.45) is 6.53. The summed E-state index contributed by atoms with van der Waals surface area (Å²) in [5.74, 6) is -0.00759. The fourth-order valence-corrected chi connectivity index (χ4v) is 4.18. The van der Waals surface area contributed by atoms with E-state index in [1.807, 2.05) is 6.07 Å². The Balaban J connectivity index is 1.65. The minimum atomic E-state index is -0.256. The Morgan fingerprint density at radius 2 is 1.92 bits per heavy atom. The number of thiocarbonyl (C=S) groups is 1. The Hall–Kier alpha value is -2.39. The Bertz CT molecular complexity index is 793. The number of carbonyl (C=O) groups is 1. The monoisotopic (exact) mass is 353 g/mol. The predicted octanol–water partition coefficient (Wildman–Crippen LogP) is 2.78. The van der Waals surface area contributed by atoms with Gasteiger partial charge >= 0.3 is 0 Å². The standard InChI is InChI=1S/C19H19N3O2S/c20-6-3-9-22-18(23)16(24-19(22)25)12-13-10-14-4-1-7-21-8-2-5-15(11-13)17(14)21/h10-12H,1-5,7-9H2/b16-12+. The molecule has 0 N–H and O–H groups in total. The summed E-state index contributed by atoms with van der Waals surface area (Å²) in [6.45, 7) is 2.56. The van der Waals surface area contributed by atoms with Crippen LogP contribution in [0.25, 0.3) is 6.08 Å². The smallest absolute Gasteiger partial charge is 0.297 e. The Morgan fingerprint density at radius 1 is 1.24 bits per heavy atom. The van der Waals surface area contributed by atoms with Crippen LogP contribution in [0.2, 0.25) is 0 Å². The van der Waals surface area contributed by atoms with Crippen molar-refractivity contribution in [3.63, 3.8) is 0 Å². The molecular weight excluding hydrogens is 334 g/mol. The number of hydrogen-bond acceptors (Lipinski definition) is 5. The maximum absolute atomic E-state index is 12.5. The van der Waals surface area contributed by atoms with E-state index in [2.05, 4.69) is 17.0 Å². The molecule has 3 aliphatic heterocycles. The van der Waals surface area contributed by atoms with Gasteiger partial charge in [0.15, 0.2) is 5.76 Å². The van der Waals surface area contributed by atoms with Gasteiger partial charge in [-0.15, -0.1) is 0 Å². The molecule has 6 heteroatoms. The number of ether oxygens (including phenoxy) is 1. The molecule has 0 bridgehead atoms. The van der Waals surface area contributed by atoms with Crippen molar-refractivity contribution in [3.8, 4) is 6.07 Å². The second-order valence-electron chi connectivity index (χ2n) is 6.62. The van der Waals surface area contributed by atoms with Gasteiger partial charge < -0.3 is 9.64 Å². The van der Waals surface area contributed by atoms with E-state index in [0.717, 1.165) is 31.5 Å². The zero-order chi connectivity index (χ0) is 17.4. The lowest BCUT2D eigenvalue weighted by molar-refractivity contribution is -0.122. The van der Waals surface area contributed by atoms with Gasteiger partial charge in [0.25, 0.3) is 11.1 Å². The molecule has 5 nitrogen and oxygen atoms in total. The first-order valence-electron chi connectivity index (χ1n) is 8.70. The summed E-state index contributed by atoms with van der Waals surface area (Å²) >= 11 is 5.12. The summed E-state index contributed by atoms with van der Waals surface area (Å²) in [4.78, 5) is 16.3. The lowest BCUT2D eigenvalue weighted by Crippen LogP contribution is -2.34. The van der Waals surface area contributed by atoms with Crippen LogP contribution in [-0.4, -0.2) is 35.6 Å². The van der Waals surface area contributed by atoms with Gasteiger partial charge in [0.2, 0.25) is 0 Å². The molecule has 0 spiro atoms. The molecular formula is C19H19N3O2S. The van der Waals surface area contributed by atoms with Crippen molar-refractivity contribution in [2.45, 2.75) is 32.1 Å². The van der Waals surface area contributed by atoms with E-state index in [-0.39, 0.29) is 29.8 Å². The summed E-state index contributed by atoms with van der Waals surface area (Å²) in [5, 5.41) is 8.84. The van der Waals surface area contributed by atoms with Crippen molar-refractivity contribution in [1.29, 1.82) is 5.26 Å². The quantitative estimate of drug-likeness (QED) is 0.618.